The van der Waals surface area contributed by atoms with Gasteiger partial charge in [0.05, 0.1) is 11.6 Å². The number of hydrogen-bond acceptors (Lipinski definition) is 3. The fraction of sp³-hybridized carbons (Fsp3) is 0.333. The summed E-state index contributed by atoms with van der Waals surface area (Å²) in [6, 6.07) is 15.6. The van der Waals surface area contributed by atoms with Gasteiger partial charge in [0.25, 0.3) is 0 Å². The zero-order chi connectivity index (χ0) is 22.9. The molecular weight excluding hydrogens is 436 g/mol. The first-order chi connectivity index (χ1) is 15.5. The van der Waals surface area contributed by atoms with Crippen LogP contribution in [-0.4, -0.2) is 17.7 Å². The Labute approximate surface area is 200 Å². The molecule has 0 radical (unpaired) electrons. The van der Waals surface area contributed by atoms with Gasteiger partial charge in [-0.2, -0.15) is 0 Å². The highest BCUT2D eigenvalue weighted by molar-refractivity contribution is 8.03. The summed E-state index contributed by atoms with van der Waals surface area (Å²) in [5.74, 6) is -0.161. The van der Waals surface area contributed by atoms with Gasteiger partial charge in [-0.05, 0) is 43.2 Å². The van der Waals surface area contributed by atoms with Gasteiger partial charge in [0.1, 0.15) is 0 Å². The molecule has 5 heteroatoms. The van der Waals surface area contributed by atoms with E-state index in [9.17, 15) is 4.79 Å². The number of allylic oxidation sites excluding steroid dienone is 2. The Morgan fingerprint density at radius 3 is 2.50 bits per heavy atom. The van der Waals surface area contributed by atoms with Crippen molar-refractivity contribution in [3.8, 4) is 0 Å². The third kappa shape index (κ3) is 6.60. The maximum atomic E-state index is 12.7. The second kappa shape index (κ2) is 12.1. The fourth-order valence-electron chi connectivity index (χ4n) is 3.94. The summed E-state index contributed by atoms with van der Waals surface area (Å²) in [5, 5.41) is 12.5. The van der Waals surface area contributed by atoms with E-state index in [1.807, 2.05) is 49.4 Å². The van der Waals surface area contributed by atoms with Crippen LogP contribution in [0.5, 0.6) is 0 Å². The molecule has 0 aliphatic heterocycles. The van der Waals surface area contributed by atoms with Crippen molar-refractivity contribution in [2.24, 2.45) is 5.92 Å². The van der Waals surface area contributed by atoms with Crippen LogP contribution in [-0.2, 0) is 4.79 Å². The van der Waals surface area contributed by atoms with Crippen LogP contribution in [0.15, 0.2) is 77.1 Å². The molecule has 1 fully saturated rings. The summed E-state index contributed by atoms with van der Waals surface area (Å²) >= 11 is 7.93. The third-order valence-corrected chi connectivity index (χ3v) is 7.20. The molecule has 0 spiro atoms. The van der Waals surface area contributed by atoms with Crippen LogP contribution < -0.4 is 5.32 Å². The molecule has 32 heavy (non-hydrogen) atoms. The topological polar surface area (TPSA) is 53.0 Å². The number of thioether (sulfide) groups is 1. The molecule has 0 heterocycles. The number of nitrogens with one attached hydrogen (secondary N) is 2. The van der Waals surface area contributed by atoms with Gasteiger partial charge in [0.2, 0.25) is 5.91 Å². The van der Waals surface area contributed by atoms with E-state index in [0.717, 1.165) is 33.8 Å². The van der Waals surface area contributed by atoms with Gasteiger partial charge < -0.3 is 5.32 Å². The number of halogens is 1. The summed E-state index contributed by atoms with van der Waals surface area (Å²) < 4.78 is 0. The van der Waals surface area contributed by atoms with Crippen LogP contribution in [0.25, 0.3) is 0 Å². The lowest BCUT2D eigenvalue weighted by molar-refractivity contribution is -0.124. The third-order valence-electron chi connectivity index (χ3n) is 5.80. The smallest absolute Gasteiger partial charge is 0.227 e. The quantitative estimate of drug-likeness (QED) is 0.230. The molecule has 168 valence electrons. The summed E-state index contributed by atoms with van der Waals surface area (Å²) in [5.41, 5.74) is 1.96. The van der Waals surface area contributed by atoms with Crippen LogP contribution >= 0.6 is 23.4 Å². The maximum absolute atomic E-state index is 12.7. The van der Waals surface area contributed by atoms with E-state index in [0.29, 0.717) is 23.2 Å². The lowest BCUT2D eigenvalue weighted by Gasteiger charge is -2.24. The summed E-state index contributed by atoms with van der Waals surface area (Å²) in [6.45, 7) is 5.92. The van der Waals surface area contributed by atoms with Gasteiger partial charge in [-0.3, -0.25) is 10.2 Å². The normalized spacial score (nSPS) is 15.8. The molecule has 2 N–H and O–H groups in total. The molecular formula is C27H31ClN2OS. The lowest BCUT2D eigenvalue weighted by atomic mass is 9.94. The van der Waals surface area contributed by atoms with Crippen LogP contribution in [0.4, 0.5) is 0 Å². The van der Waals surface area contributed by atoms with Crippen molar-refractivity contribution < 1.29 is 4.79 Å². The zero-order valence-corrected chi connectivity index (χ0v) is 20.1. The van der Waals surface area contributed by atoms with Gasteiger partial charge >= 0.3 is 0 Å². The van der Waals surface area contributed by atoms with Crippen molar-refractivity contribution in [3.63, 3.8) is 0 Å². The van der Waals surface area contributed by atoms with Crippen molar-refractivity contribution >= 4 is 35.0 Å². The largest absolute Gasteiger partial charge is 0.353 e. The molecule has 0 bridgehead atoms. The minimum absolute atomic E-state index is 0.0712. The Hall–Kier alpha value is -2.30. The summed E-state index contributed by atoms with van der Waals surface area (Å²) in [4.78, 5) is 14.8. The number of benzene rings is 2. The minimum atomic E-state index is -0.232. The van der Waals surface area contributed by atoms with Gasteiger partial charge in [0.15, 0.2) is 0 Å². The molecule has 0 saturated heterocycles. The Kier molecular flexibility index (Phi) is 9.19. The molecule has 0 aromatic heterocycles. The highest BCUT2D eigenvalue weighted by Gasteiger charge is 2.20. The van der Waals surface area contributed by atoms with E-state index in [-0.39, 0.29) is 11.8 Å². The zero-order valence-electron chi connectivity index (χ0n) is 18.6. The van der Waals surface area contributed by atoms with E-state index < -0.39 is 0 Å². The van der Waals surface area contributed by atoms with E-state index in [1.54, 1.807) is 23.9 Å². The Morgan fingerprint density at radius 1 is 1.16 bits per heavy atom. The van der Waals surface area contributed by atoms with E-state index in [1.165, 1.54) is 19.3 Å². The van der Waals surface area contributed by atoms with Crippen LogP contribution in [0, 0.1) is 11.3 Å². The molecule has 2 aromatic carbocycles. The monoisotopic (exact) mass is 466 g/mol. The van der Waals surface area contributed by atoms with Crippen molar-refractivity contribution in [2.45, 2.75) is 56.4 Å². The van der Waals surface area contributed by atoms with Crippen LogP contribution in [0.3, 0.4) is 0 Å². The second-order valence-corrected chi connectivity index (χ2v) is 9.88. The van der Waals surface area contributed by atoms with Gasteiger partial charge in [0, 0.05) is 27.1 Å². The predicted molar refractivity (Wildman–Crippen MR) is 137 cm³/mol. The van der Waals surface area contributed by atoms with Crippen molar-refractivity contribution in [1.82, 2.24) is 5.32 Å². The Morgan fingerprint density at radius 2 is 1.81 bits per heavy atom. The highest BCUT2D eigenvalue weighted by Crippen LogP contribution is 2.32. The second-order valence-electron chi connectivity index (χ2n) is 8.19. The summed E-state index contributed by atoms with van der Waals surface area (Å²) in [6.07, 6.45) is 10.3. The molecule has 1 atom stereocenters. The van der Waals surface area contributed by atoms with Crippen molar-refractivity contribution in [1.29, 1.82) is 5.41 Å². The lowest BCUT2D eigenvalue weighted by Crippen LogP contribution is -2.39. The first kappa shape index (κ1) is 24.3. The molecule has 1 saturated carbocycles. The standard InChI is InChI=1S/C27H31ClN2OS/c1-3-20(27(31)30-21-11-5-4-6-12-21)18-17-19(2)32-25-16-10-8-14-23(25)26(29)22-13-7-9-15-24(22)28/h3,7-10,13-17,20-21,29H,1,4-6,11-12,18H2,2H3,(H,30,31)/b19-17+,29-26?. The van der Waals surface area contributed by atoms with Crippen molar-refractivity contribution in [3.05, 3.63) is 88.3 Å². The van der Waals surface area contributed by atoms with E-state index in [2.05, 4.69) is 18.0 Å². The van der Waals surface area contributed by atoms with E-state index >= 15 is 0 Å². The molecule has 1 unspecified atom stereocenters. The highest BCUT2D eigenvalue weighted by atomic mass is 35.5. The van der Waals surface area contributed by atoms with Gasteiger partial charge in [-0.15, -0.1) is 6.58 Å². The van der Waals surface area contributed by atoms with E-state index in [4.69, 9.17) is 17.0 Å². The SMILES string of the molecule is C=CC(C/C=C(\C)Sc1ccccc1C(=N)c1ccccc1Cl)C(=O)NC1CCCCC1. The first-order valence-corrected chi connectivity index (χ1v) is 12.4. The van der Waals surface area contributed by atoms with Gasteiger partial charge in [-0.1, -0.05) is 91.2 Å². The van der Waals surface area contributed by atoms with Crippen LogP contribution in [0.1, 0.15) is 56.6 Å². The van der Waals surface area contributed by atoms with Gasteiger partial charge in [-0.25, -0.2) is 0 Å². The predicted octanol–water partition coefficient (Wildman–Crippen LogP) is 7.39. The number of rotatable bonds is 9. The molecule has 1 aliphatic carbocycles. The molecule has 1 aliphatic rings. The Balaban J connectivity index is 1.66. The molecule has 1 amide bonds. The maximum Gasteiger partial charge on any atom is 0.227 e. The average Bonchev–Trinajstić information content (AvgIpc) is 2.80. The fourth-order valence-corrected chi connectivity index (χ4v) is 5.13. The number of carbonyl (C=O) groups excluding carboxylic acids is 1. The number of amides is 1. The number of carbonyl (C=O) groups is 1. The molecule has 3 rings (SSSR count). The minimum Gasteiger partial charge on any atom is -0.353 e. The van der Waals surface area contributed by atoms with Crippen LogP contribution in [0.2, 0.25) is 5.02 Å². The molecule has 3 nitrogen and oxygen atoms in total. The average molecular weight is 467 g/mol. The molecule has 2 aromatic rings. The summed E-state index contributed by atoms with van der Waals surface area (Å²) in [7, 11) is 0. The number of hydrogen-bond donors (Lipinski definition) is 2. The first-order valence-electron chi connectivity index (χ1n) is 11.2. The Bertz CT molecular complexity index is 995. The van der Waals surface area contributed by atoms with Crippen molar-refractivity contribution in [2.75, 3.05) is 0 Å².